The SMILES string of the molecule is CC(C)(C)c1ccc(CNC(=S)NCCc2cccc(F)c2)cc1. The first-order valence-corrected chi connectivity index (χ1v) is 8.61. The van der Waals surface area contributed by atoms with Gasteiger partial charge in [0.1, 0.15) is 5.82 Å². The van der Waals surface area contributed by atoms with Gasteiger partial charge in [-0.2, -0.15) is 0 Å². The van der Waals surface area contributed by atoms with Gasteiger partial charge in [0.15, 0.2) is 5.11 Å². The van der Waals surface area contributed by atoms with Gasteiger partial charge in [-0.1, -0.05) is 57.2 Å². The van der Waals surface area contributed by atoms with E-state index in [0.29, 0.717) is 18.2 Å². The standard InChI is InChI=1S/C20H25FN2S/c1-20(2,3)17-9-7-16(8-10-17)14-23-19(24)22-12-11-15-5-4-6-18(21)13-15/h4-10,13H,11-12,14H2,1-3H3,(H2,22,23,24). The van der Waals surface area contributed by atoms with Crippen LogP contribution in [0.3, 0.4) is 0 Å². The number of benzene rings is 2. The van der Waals surface area contributed by atoms with E-state index < -0.39 is 0 Å². The van der Waals surface area contributed by atoms with E-state index in [9.17, 15) is 4.39 Å². The Bertz CT molecular complexity index is 675. The number of thiocarbonyl (C=S) groups is 1. The quantitative estimate of drug-likeness (QED) is 0.790. The lowest BCUT2D eigenvalue weighted by molar-refractivity contribution is 0.590. The summed E-state index contributed by atoms with van der Waals surface area (Å²) in [5.41, 5.74) is 3.64. The van der Waals surface area contributed by atoms with Gasteiger partial charge in [-0.15, -0.1) is 0 Å². The summed E-state index contributed by atoms with van der Waals surface area (Å²) in [5, 5.41) is 6.97. The summed E-state index contributed by atoms with van der Waals surface area (Å²) < 4.78 is 13.1. The lowest BCUT2D eigenvalue weighted by atomic mass is 9.87. The molecule has 0 atom stereocenters. The van der Waals surface area contributed by atoms with Gasteiger partial charge < -0.3 is 10.6 Å². The Hall–Kier alpha value is -1.94. The Morgan fingerprint density at radius 2 is 1.71 bits per heavy atom. The minimum atomic E-state index is -0.202. The summed E-state index contributed by atoms with van der Waals surface area (Å²) in [6, 6.07) is 15.2. The summed E-state index contributed by atoms with van der Waals surface area (Å²) >= 11 is 5.28. The van der Waals surface area contributed by atoms with Crippen molar-refractivity contribution in [3.05, 3.63) is 71.0 Å². The largest absolute Gasteiger partial charge is 0.362 e. The molecule has 2 rings (SSSR count). The Morgan fingerprint density at radius 1 is 1.00 bits per heavy atom. The first-order valence-electron chi connectivity index (χ1n) is 8.20. The Kier molecular flexibility index (Phi) is 6.32. The maximum atomic E-state index is 13.1. The topological polar surface area (TPSA) is 24.1 Å². The molecule has 0 radical (unpaired) electrons. The van der Waals surface area contributed by atoms with Crippen LogP contribution in [0.25, 0.3) is 0 Å². The zero-order valence-electron chi connectivity index (χ0n) is 14.5. The van der Waals surface area contributed by atoms with Crippen molar-refractivity contribution in [3.63, 3.8) is 0 Å². The molecule has 128 valence electrons. The molecule has 0 saturated heterocycles. The molecular weight excluding hydrogens is 319 g/mol. The van der Waals surface area contributed by atoms with Crippen LogP contribution in [-0.2, 0) is 18.4 Å². The molecule has 0 amide bonds. The van der Waals surface area contributed by atoms with E-state index in [2.05, 4.69) is 55.7 Å². The van der Waals surface area contributed by atoms with Crippen molar-refractivity contribution in [1.29, 1.82) is 0 Å². The summed E-state index contributed by atoms with van der Waals surface area (Å²) in [7, 11) is 0. The number of halogens is 1. The van der Waals surface area contributed by atoms with Crippen LogP contribution in [0.2, 0.25) is 0 Å². The van der Waals surface area contributed by atoms with Gasteiger partial charge in [0, 0.05) is 13.1 Å². The van der Waals surface area contributed by atoms with E-state index in [1.165, 1.54) is 17.2 Å². The third kappa shape index (κ3) is 5.93. The highest BCUT2D eigenvalue weighted by atomic mass is 32.1. The zero-order valence-corrected chi connectivity index (χ0v) is 15.3. The highest BCUT2D eigenvalue weighted by Gasteiger charge is 2.12. The molecule has 0 aliphatic carbocycles. The summed E-state index contributed by atoms with van der Waals surface area (Å²) in [5.74, 6) is -0.202. The highest BCUT2D eigenvalue weighted by molar-refractivity contribution is 7.80. The van der Waals surface area contributed by atoms with Gasteiger partial charge in [0.05, 0.1) is 0 Å². The van der Waals surface area contributed by atoms with Gasteiger partial charge in [0.25, 0.3) is 0 Å². The Balaban J connectivity index is 1.73. The maximum Gasteiger partial charge on any atom is 0.166 e. The molecule has 2 aromatic carbocycles. The van der Waals surface area contributed by atoms with E-state index in [0.717, 1.165) is 12.0 Å². The maximum absolute atomic E-state index is 13.1. The first-order chi connectivity index (χ1) is 11.3. The highest BCUT2D eigenvalue weighted by Crippen LogP contribution is 2.22. The van der Waals surface area contributed by atoms with Crippen LogP contribution in [0.5, 0.6) is 0 Å². The molecular formula is C20H25FN2S. The predicted molar refractivity (Wildman–Crippen MR) is 103 cm³/mol. The summed E-state index contributed by atoms with van der Waals surface area (Å²) in [4.78, 5) is 0. The lowest BCUT2D eigenvalue weighted by Crippen LogP contribution is -2.35. The fraction of sp³-hybridized carbons (Fsp3) is 0.350. The van der Waals surface area contributed by atoms with Crippen LogP contribution in [0.15, 0.2) is 48.5 Å². The van der Waals surface area contributed by atoms with Gasteiger partial charge in [-0.25, -0.2) is 4.39 Å². The van der Waals surface area contributed by atoms with Gasteiger partial charge >= 0.3 is 0 Å². The molecule has 0 fully saturated rings. The molecule has 0 aliphatic heterocycles. The van der Waals surface area contributed by atoms with Crippen LogP contribution < -0.4 is 10.6 Å². The van der Waals surface area contributed by atoms with E-state index in [1.807, 2.05) is 6.07 Å². The average Bonchev–Trinajstić information content (AvgIpc) is 2.52. The molecule has 0 spiro atoms. The fourth-order valence-electron chi connectivity index (χ4n) is 2.38. The molecule has 2 N–H and O–H groups in total. The lowest BCUT2D eigenvalue weighted by Gasteiger charge is -2.19. The molecule has 0 saturated carbocycles. The normalized spacial score (nSPS) is 11.2. The van der Waals surface area contributed by atoms with E-state index >= 15 is 0 Å². The van der Waals surface area contributed by atoms with E-state index in [4.69, 9.17) is 12.2 Å². The minimum Gasteiger partial charge on any atom is -0.362 e. The van der Waals surface area contributed by atoms with Crippen molar-refractivity contribution in [2.24, 2.45) is 0 Å². The Labute approximate surface area is 149 Å². The molecule has 0 bridgehead atoms. The van der Waals surface area contributed by atoms with Gasteiger partial charge in [0.2, 0.25) is 0 Å². The molecule has 0 heterocycles. The molecule has 0 unspecified atom stereocenters. The average molecular weight is 344 g/mol. The van der Waals surface area contributed by atoms with Crippen molar-refractivity contribution < 1.29 is 4.39 Å². The first kappa shape index (κ1) is 18.4. The third-order valence-electron chi connectivity index (χ3n) is 3.86. The van der Waals surface area contributed by atoms with Crippen molar-refractivity contribution in [2.75, 3.05) is 6.54 Å². The molecule has 0 aliphatic rings. The summed E-state index contributed by atoms with van der Waals surface area (Å²) in [6.07, 6.45) is 0.736. The number of nitrogens with one attached hydrogen (secondary N) is 2. The molecule has 0 aromatic heterocycles. The van der Waals surface area contributed by atoms with Crippen LogP contribution >= 0.6 is 12.2 Å². The van der Waals surface area contributed by atoms with Crippen molar-refractivity contribution in [1.82, 2.24) is 10.6 Å². The third-order valence-corrected chi connectivity index (χ3v) is 4.15. The van der Waals surface area contributed by atoms with Crippen LogP contribution in [0, 0.1) is 5.82 Å². The van der Waals surface area contributed by atoms with Crippen LogP contribution in [0.1, 0.15) is 37.5 Å². The molecule has 2 aromatic rings. The van der Waals surface area contributed by atoms with E-state index in [-0.39, 0.29) is 11.2 Å². The van der Waals surface area contributed by atoms with Crippen molar-refractivity contribution in [2.45, 2.75) is 39.2 Å². The predicted octanol–water partition coefficient (Wildman–Crippen LogP) is 4.33. The molecule has 4 heteroatoms. The van der Waals surface area contributed by atoms with Gasteiger partial charge in [-0.05, 0) is 52.9 Å². The minimum absolute atomic E-state index is 0.166. The molecule has 24 heavy (non-hydrogen) atoms. The van der Waals surface area contributed by atoms with Crippen molar-refractivity contribution >= 4 is 17.3 Å². The number of hydrogen-bond acceptors (Lipinski definition) is 1. The summed E-state index contributed by atoms with van der Waals surface area (Å²) in [6.45, 7) is 7.99. The number of hydrogen-bond donors (Lipinski definition) is 2. The van der Waals surface area contributed by atoms with Gasteiger partial charge in [-0.3, -0.25) is 0 Å². The fourth-order valence-corrected chi connectivity index (χ4v) is 2.55. The molecule has 2 nitrogen and oxygen atoms in total. The second-order valence-corrected chi connectivity index (χ2v) is 7.34. The van der Waals surface area contributed by atoms with Crippen LogP contribution in [0.4, 0.5) is 4.39 Å². The number of rotatable bonds is 5. The second kappa shape index (κ2) is 8.25. The van der Waals surface area contributed by atoms with Crippen LogP contribution in [-0.4, -0.2) is 11.7 Å². The zero-order chi connectivity index (χ0) is 17.6. The van der Waals surface area contributed by atoms with E-state index in [1.54, 1.807) is 12.1 Å². The van der Waals surface area contributed by atoms with Crippen molar-refractivity contribution in [3.8, 4) is 0 Å². The smallest absolute Gasteiger partial charge is 0.166 e. The second-order valence-electron chi connectivity index (χ2n) is 6.94. The Morgan fingerprint density at radius 3 is 2.33 bits per heavy atom. The monoisotopic (exact) mass is 344 g/mol.